The zero-order chi connectivity index (χ0) is 10.1. The molecular weight excluding hydrogens is 182 g/mol. The van der Waals surface area contributed by atoms with E-state index < -0.39 is 11.6 Å². The molecule has 1 amide bonds. The Bertz CT molecular complexity index is 436. The Morgan fingerprint density at radius 1 is 1.36 bits per heavy atom. The Kier molecular flexibility index (Phi) is 2.07. The van der Waals surface area contributed by atoms with Crippen LogP contribution in [0.3, 0.4) is 0 Å². The highest BCUT2D eigenvalue weighted by atomic mass is 16.2. The van der Waals surface area contributed by atoms with Crippen molar-refractivity contribution in [3.8, 4) is 0 Å². The fourth-order valence-corrected chi connectivity index (χ4v) is 1.83. The van der Waals surface area contributed by atoms with Gasteiger partial charge in [0.15, 0.2) is 0 Å². The third-order valence-electron chi connectivity index (χ3n) is 2.46. The third-order valence-corrected chi connectivity index (χ3v) is 2.46. The van der Waals surface area contributed by atoms with Gasteiger partial charge in [-0.1, -0.05) is 0 Å². The number of carbonyl (C=O) groups excluding carboxylic acids is 1. The average molecular weight is 193 g/mol. The number of amides is 1. The first kappa shape index (κ1) is 8.93. The van der Waals surface area contributed by atoms with Gasteiger partial charge in [0.25, 0.3) is 5.91 Å². The van der Waals surface area contributed by atoms with E-state index in [1.807, 2.05) is 0 Å². The van der Waals surface area contributed by atoms with Crippen molar-refractivity contribution in [2.75, 3.05) is 0 Å². The van der Waals surface area contributed by atoms with E-state index in [9.17, 15) is 9.59 Å². The second-order valence-corrected chi connectivity index (χ2v) is 3.42. The summed E-state index contributed by atoms with van der Waals surface area (Å²) in [7, 11) is 0. The lowest BCUT2D eigenvalue weighted by Gasteiger charge is -2.15. The Balaban J connectivity index is 2.64. The quantitative estimate of drug-likeness (QED) is 0.644. The highest BCUT2D eigenvalue weighted by Gasteiger charge is 2.18. The van der Waals surface area contributed by atoms with Gasteiger partial charge in [-0.15, -0.1) is 0 Å². The molecule has 0 bridgehead atoms. The number of fused-ring (bicyclic) bond motifs is 1. The molecule has 14 heavy (non-hydrogen) atoms. The number of hydrogen-bond donors (Lipinski definition) is 2. The number of nitrogens with one attached hydrogen (secondary N) is 1. The van der Waals surface area contributed by atoms with E-state index in [-0.39, 0.29) is 5.69 Å². The van der Waals surface area contributed by atoms with E-state index in [2.05, 4.69) is 9.97 Å². The summed E-state index contributed by atoms with van der Waals surface area (Å²) < 4.78 is 0. The summed E-state index contributed by atoms with van der Waals surface area (Å²) in [4.78, 5) is 28.4. The van der Waals surface area contributed by atoms with Gasteiger partial charge in [0, 0.05) is 11.3 Å². The smallest absolute Gasteiger partial charge is 0.345 e. The molecule has 1 heterocycles. The second-order valence-electron chi connectivity index (χ2n) is 3.42. The minimum Gasteiger partial charge on any atom is -0.364 e. The Morgan fingerprint density at radius 3 is 2.79 bits per heavy atom. The topological polar surface area (TPSA) is 88.8 Å². The van der Waals surface area contributed by atoms with Gasteiger partial charge in [-0.3, -0.25) is 4.79 Å². The van der Waals surface area contributed by atoms with Crippen LogP contribution in [0, 0.1) is 0 Å². The van der Waals surface area contributed by atoms with E-state index in [1.54, 1.807) is 0 Å². The summed E-state index contributed by atoms with van der Waals surface area (Å²) >= 11 is 0. The van der Waals surface area contributed by atoms with Gasteiger partial charge in [-0.05, 0) is 25.7 Å². The summed E-state index contributed by atoms with van der Waals surface area (Å²) in [6.07, 6.45) is 3.62. The summed E-state index contributed by atoms with van der Waals surface area (Å²) in [6.45, 7) is 0. The van der Waals surface area contributed by atoms with Crippen LogP contribution in [0.25, 0.3) is 0 Å². The third kappa shape index (κ3) is 1.41. The second kappa shape index (κ2) is 3.25. The molecule has 0 atom stereocenters. The lowest BCUT2D eigenvalue weighted by atomic mass is 9.94. The first-order valence-corrected chi connectivity index (χ1v) is 4.60. The van der Waals surface area contributed by atoms with E-state index in [0.717, 1.165) is 36.9 Å². The molecule has 0 saturated heterocycles. The van der Waals surface area contributed by atoms with Gasteiger partial charge >= 0.3 is 5.69 Å². The van der Waals surface area contributed by atoms with Crippen LogP contribution in [0.1, 0.15) is 34.6 Å². The molecule has 2 rings (SSSR count). The molecular formula is C9H11N3O2. The maximum atomic E-state index is 11.1. The van der Waals surface area contributed by atoms with E-state index in [4.69, 9.17) is 5.73 Å². The van der Waals surface area contributed by atoms with Crippen LogP contribution >= 0.6 is 0 Å². The van der Waals surface area contributed by atoms with Crippen LogP contribution in [0.2, 0.25) is 0 Å². The predicted molar refractivity (Wildman–Crippen MR) is 50.0 cm³/mol. The summed E-state index contributed by atoms with van der Waals surface area (Å²) in [6, 6.07) is 0. The predicted octanol–water partition coefficient (Wildman–Crippen LogP) is -0.252. The molecule has 0 saturated carbocycles. The largest absolute Gasteiger partial charge is 0.364 e. The van der Waals surface area contributed by atoms with Crippen molar-refractivity contribution in [2.24, 2.45) is 5.73 Å². The summed E-state index contributed by atoms with van der Waals surface area (Å²) in [5.41, 5.74) is 6.45. The minimum atomic E-state index is -0.616. The van der Waals surface area contributed by atoms with Crippen molar-refractivity contribution in [1.29, 1.82) is 0 Å². The maximum Gasteiger partial charge on any atom is 0.345 e. The zero-order valence-corrected chi connectivity index (χ0v) is 7.67. The summed E-state index contributed by atoms with van der Waals surface area (Å²) in [5.74, 6) is -0.616. The van der Waals surface area contributed by atoms with Crippen molar-refractivity contribution >= 4 is 5.91 Å². The number of carbonyl (C=O) groups is 1. The fraction of sp³-hybridized carbons (Fsp3) is 0.444. The average Bonchev–Trinajstić information content (AvgIpc) is 2.16. The highest BCUT2D eigenvalue weighted by molar-refractivity contribution is 5.92. The monoisotopic (exact) mass is 193 g/mol. The van der Waals surface area contributed by atoms with Gasteiger partial charge < -0.3 is 10.7 Å². The van der Waals surface area contributed by atoms with Crippen LogP contribution in [0.15, 0.2) is 4.79 Å². The normalized spacial score (nSPS) is 14.9. The van der Waals surface area contributed by atoms with Crippen molar-refractivity contribution in [3.63, 3.8) is 0 Å². The summed E-state index contributed by atoms with van der Waals surface area (Å²) in [5, 5.41) is 0. The molecule has 1 aromatic rings. The lowest BCUT2D eigenvalue weighted by Crippen LogP contribution is -2.27. The van der Waals surface area contributed by atoms with Crippen LogP contribution in [0.5, 0.6) is 0 Å². The number of hydrogen-bond acceptors (Lipinski definition) is 3. The molecule has 1 aliphatic rings. The van der Waals surface area contributed by atoms with Gasteiger partial charge in [-0.25, -0.2) is 4.79 Å². The molecule has 5 nitrogen and oxygen atoms in total. The Hall–Kier alpha value is -1.65. The van der Waals surface area contributed by atoms with E-state index >= 15 is 0 Å². The van der Waals surface area contributed by atoms with Crippen molar-refractivity contribution < 1.29 is 4.79 Å². The number of rotatable bonds is 1. The Labute approximate surface area is 80.4 Å². The standard InChI is InChI=1S/C9H11N3O2/c10-8(13)7-5-3-1-2-4-6(5)11-9(14)12-7/h1-4H2,(H2,10,13)(H,11,12,14). The van der Waals surface area contributed by atoms with Gasteiger partial charge in [0.05, 0.1) is 0 Å². The van der Waals surface area contributed by atoms with Gasteiger partial charge in [-0.2, -0.15) is 4.98 Å². The molecule has 0 spiro atoms. The number of H-pyrrole nitrogens is 1. The number of aryl methyl sites for hydroxylation is 1. The number of aromatic amines is 1. The van der Waals surface area contributed by atoms with E-state index in [0.29, 0.717) is 0 Å². The van der Waals surface area contributed by atoms with Crippen LogP contribution in [-0.2, 0) is 12.8 Å². The molecule has 1 aliphatic carbocycles. The zero-order valence-electron chi connectivity index (χ0n) is 7.67. The highest BCUT2D eigenvalue weighted by Crippen LogP contribution is 2.19. The first-order valence-electron chi connectivity index (χ1n) is 4.60. The number of primary amides is 1. The van der Waals surface area contributed by atoms with Crippen LogP contribution in [0.4, 0.5) is 0 Å². The van der Waals surface area contributed by atoms with Gasteiger partial charge in [0.2, 0.25) is 0 Å². The molecule has 74 valence electrons. The Morgan fingerprint density at radius 2 is 2.07 bits per heavy atom. The lowest BCUT2D eigenvalue weighted by molar-refractivity contribution is 0.0993. The first-order chi connectivity index (χ1) is 6.68. The number of nitrogens with zero attached hydrogens (tertiary/aromatic N) is 1. The molecule has 0 unspecified atom stereocenters. The molecule has 0 radical (unpaired) electrons. The van der Waals surface area contributed by atoms with Crippen LogP contribution < -0.4 is 11.4 Å². The van der Waals surface area contributed by atoms with Crippen LogP contribution in [-0.4, -0.2) is 15.9 Å². The molecule has 0 aromatic carbocycles. The number of aromatic nitrogens is 2. The molecule has 1 aromatic heterocycles. The minimum absolute atomic E-state index is 0.142. The number of nitrogens with two attached hydrogens (primary N) is 1. The maximum absolute atomic E-state index is 11.1. The SMILES string of the molecule is NC(=O)c1nc(=O)[nH]c2c1CCCC2. The van der Waals surface area contributed by atoms with Crippen molar-refractivity contribution in [2.45, 2.75) is 25.7 Å². The van der Waals surface area contributed by atoms with Crippen molar-refractivity contribution in [3.05, 3.63) is 27.4 Å². The van der Waals surface area contributed by atoms with Crippen molar-refractivity contribution in [1.82, 2.24) is 9.97 Å². The molecule has 0 aliphatic heterocycles. The molecule has 0 fully saturated rings. The van der Waals surface area contributed by atoms with Gasteiger partial charge in [0.1, 0.15) is 5.69 Å². The fourth-order valence-electron chi connectivity index (χ4n) is 1.83. The van der Waals surface area contributed by atoms with E-state index in [1.165, 1.54) is 0 Å². The molecule has 3 N–H and O–H groups in total. The molecule has 5 heteroatoms.